The lowest BCUT2D eigenvalue weighted by atomic mass is 9.96. The first-order valence-electron chi connectivity index (χ1n) is 9.17. The summed E-state index contributed by atoms with van der Waals surface area (Å²) in [6, 6.07) is 5.09. The number of rotatable bonds is 5. The zero-order valence-corrected chi connectivity index (χ0v) is 15.1. The normalized spacial score (nSPS) is 13.5. The number of carbonyl (C=O) groups is 2. The zero-order valence-electron chi connectivity index (χ0n) is 15.1. The van der Waals surface area contributed by atoms with E-state index < -0.39 is 5.91 Å². The maximum atomic E-state index is 12.8. The Morgan fingerprint density at radius 2 is 2.11 bits per heavy atom. The highest BCUT2D eigenvalue weighted by Gasteiger charge is 2.25. The van der Waals surface area contributed by atoms with Gasteiger partial charge in [0, 0.05) is 17.7 Å². The molecule has 1 aliphatic carbocycles. The highest BCUT2D eigenvalue weighted by Crippen LogP contribution is 2.26. The van der Waals surface area contributed by atoms with Gasteiger partial charge in [0.15, 0.2) is 0 Å². The fourth-order valence-electron chi connectivity index (χ4n) is 3.56. The van der Waals surface area contributed by atoms with Gasteiger partial charge in [-0.15, -0.1) is 0 Å². The van der Waals surface area contributed by atoms with Crippen molar-refractivity contribution in [2.45, 2.75) is 45.6 Å². The fraction of sp³-hybridized carbons (Fsp3) is 0.368. The lowest BCUT2D eigenvalue weighted by molar-refractivity contribution is 0.0982. The molecule has 27 heavy (non-hydrogen) atoms. The number of nitrogens with zero attached hydrogens (tertiary/aromatic N) is 3. The van der Waals surface area contributed by atoms with Gasteiger partial charge in [0.1, 0.15) is 0 Å². The Morgan fingerprint density at radius 3 is 2.89 bits per heavy atom. The van der Waals surface area contributed by atoms with Crippen LogP contribution in [0.1, 0.15) is 58.4 Å². The molecule has 0 fully saturated rings. The van der Waals surface area contributed by atoms with Gasteiger partial charge in [-0.05, 0) is 50.3 Å². The number of nitrogens with one attached hydrogen (secondary N) is 1. The van der Waals surface area contributed by atoms with Gasteiger partial charge in [0.05, 0.1) is 16.7 Å². The minimum absolute atomic E-state index is 0.262. The molecule has 0 spiro atoms. The van der Waals surface area contributed by atoms with Crippen molar-refractivity contribution in [1.29, 1.82) is 0 Å². The number of benzene rings is 1. The van der Waals surface area contributed by atoms with Gasteiger partial charge < -0.3 is 14.8 Å². The van der Waals surface area contributed by atoms with E-state index in [1.165, 1.54) is 0 Å². The van der Waals surface area contributed by atoms with Crippen molar-refractivity contribution in [3.05, 3.63) is 40.8 Å². The molecule has 0 aliphatic heterocycles. The van der Waals surface area contributed by atoms with Crippen LogP contribution in [0.15, 0.2) is 22.7 Å². The van der Waals surface area contributed by atoms with E-state index in [0.29, 0.717) is 23.6 Å². The van der Waals surface area contributed by atoms with Gasteiger partial charge in [-0.2, -0.15) is 0 Å². The molecule has 0 saturated carbocycles. The highest BCUT2D eigenvalue weighted by atomic mass is 16.5. The smallest absolute Gasteiger partial charge is 0.296 e. The second kappa shape index (κ2) is 6.86. The molecule has 140 valence electrons. The quantitative estimate of drug-likeness (QED) is 0.719. The van der Waals surface area contributed by atoms with E-state index in [-0.39, 0.29) is 11.7 Å². The molecule has 0 radical (unpaired) electrons. The summed E-state index contributed by atoms with van der Waals surface area (Å²) in [5.41, 5.74) is 8.94. The lowest BCUT2D eigenvalue weighted by Gasteiger charge is -2.10. The van der Waals surface area contributed by atoms with Gasteiger partial charge in [0.2, 0.25) is 17.6 Å². The Balaban J connectivity index is 1.70. The Hall–Kier alpha value is -3.16. The molecular weight excluding hydrogens is 346 g/mol. The predicted molar refractivity (Wildman–Crippen MR) is 99.6 cm³/mol. The standard InChI is InChI=1S/C19H21N5O3/c1-2-9-24-15-8-7-11(17(20)25)10-14(15)21-19(24)22-18(26)16-12-5-3-4-6-13(12)23-27-16/h7-8,10H,2-6,9H2,1H3,(H2,20,25)(H,21,22,26). The van der Waals surface area contributed by atoms with Gasteiger partial charge in [-0.3, -0.25) is 14.9 Å². The zero-order chi connectivity index (χ0) is 19.0. The van der Waals surface area contributed by atoms with E-state index in [0.717, 1.165) is 48.9 Å². The maximum absolute atomic E-state index is 12.8. The van der Waals surface area contributed by atoms with Crippen molar-refractivity contribution in [2.75, 3.05) is 5.32 Å². The average molecular weight is 367 g/mol. The molecule has 0 atom stereocenters. The largest absolute Gasteiger partial charge is 0.366 e. The molecule has 1 aliphatic rings. The molecule has 8 nitrogen and oxygen atoms in total. The van der Waals surface area contributed by atoms with E-state index >= 15 is 0 Å². The molecule has 0 unspecified atom stereocenters. The Bertz CT molecular complexity index is 1030. The number of anilines is 1. The van der Waals surface area contributed by atoms with Crippen LogP contribution in [0.3, 0.4) is 0 Å². The van der Waals surface area contributed by atoms with E-state index in [1.54, 1.807) is 18.2 Å². The van der Waals surface area contributed by atoms with Crippen LogP contribution in [0.2, 0.25) is 0 Å². The summed E-state index contributed by atoms with van der Waals surface area (Å²) in [4.78, 5) is 28.7. The molecule has 2 heterocycles. The van der Waals surface area contributed by atoms with Gasteiger partial charge in [-0.25, -0.2) is 4.98 Å². The minimum Gasteiger partial charge on any atom is -0.366 e. The van der Waals surface area contributed by atoms with Crippen molar-refractivity contribution in [3.8, 4) is 0 Å². The number of aromatic nitrogens is 3. The number of hydrogen-bond acceptors (Lipinski definition) is 5. The number of imidazole rings is 1. The predicted octanol–water partition coefficient (Wildman–Crippen LogP) is 2.66. The average Bonchev–Trinajstić information content (AvgIpc) is 3.23. The van der Waals surface area contributed by atoms with E-state index in [2.05, 4.69) is 15.5 Å². The first kappa shape index (κ1) is 17.3. The summed E-state index contributed by atoms with van der Waals surface area (Å²) in [7, 11) is 0. The van der Waals surface area contributed by atoms with Gasteiger partial charge in [0.25, 0.3) is 5.91 Å². The van der Waals surface area contributed by atoms with Crippen LogP contribution in [0.4, 0.5) is 5.95 Å². The molecule has 0 saturated heterocycles. The molecule has 8 heteroatoms. The second-order valence-corrected chi connectivity index (χ2v) is 6.75. The summed E-state index contributed by atoms with van der Waals surface area (Å²) in [5, 5.41) is 6.89. The fourth-order valence-corrected chi connectivity index (χ4v) is 3.56. The van der Waals surface area contributed by atoms with Crippen molar-refractivity contribution in [1.82, 2.24) is 14.7 Å². The van der Waals surface area contributed by atoms with Crippen LogP contribution in [0.5, 0.6) is 0 Å². The molecule has 3 aromatic rings. The van der Waals surface area contributed by atoms with Crippen molar-refractivity contribution in [2.24, 2.45) is 5.73 Å². The SMILES string of the molecule is CCCn1c(NC(=O)c2onc3c2CCCC3)nc2cc(C(N)=O)ccc21. The molecule has 2 amide bonds. The van der Waals surface area contributed by atoms with Crippen LogP contribution in [-0.4, -0.2) is 26.5 Å². The molecule has 1 aromatic carbocycles. The van der Waals surface area contributed by atoms with Gasteiger partial charge >= 0.3 is 0 Å². The summed E-state index contributed by atoms with van der Waals surface area (Å²) in [6.07, 6.45) is 4.60. The molecular formula is C19H21N5O3. The monoisotopic (exact) mass is 367 g/mol. The summed E-state index contributed by atoms with van der Waals surface area (Å²) in [6.45, 7) is 2.72. The highest BCUT2D eigenvalue weighted by molar-refractivity contribution is 6.03. The van der Waals surface area contributed by atoms with E-state index in [4.69, 9.17) is 10.3 Å². The van der Waals surface area contributed by atoms with E-state index in [9.17, 15) is 9.59 Å². The van der Waals surface area contributed by atoms with Crippen LogP contribution < -0.4 is 11.1 Å². The molecule has 3 N–H and O–H groups in total. The Morgan fingerprint density at radius 1 is 1.30 bits per heavy atom. The number of nitrogens with two attached hydrogens (primary N) is 1. The van der Waals surface area contributed by atoms with E-state index in [1.807, 2.05) is 11.5 Å². The first-order valence-corrected chi connectivity index (χ1v) is 9.17. The summed E-state index contributed by atoms with van der Waals surface area (Å²) >= 11 is 0. The van der Waals surface area contributed by atoms with Crippen LogP contribution in [0.25, 0.3) is 11.0 Å². The number of primary amides is 1. The number of fused-ring (bicyclic) bond motifs is 2. The number of aryl methyl sites for hydroxylation is 2. The number of carbonyl (C=O) groups excluding carboxylic acids is 2. The van der Waals surface area contributed by atoms with Crippen molar-refractivity contribution < 1.29 is 14.1 Å². The van der Waals surface area contributed by atoms with Crippen molar-refractivity contribution in [3.63, 3.8) is 0 Å². The number of amides is 2. The molecule has 4 rings (SSSR count). The van der Waals surface area contributed by atoms with Crippen LogP contribution in [0, 0.1) is 0 Å². The first-order chi connectivity index (χ1) is 13.1. The minimum atomic E-state index is -0.513. The number of hydrogen-bond donors (Lipinski definition) is 2. The van der Waals surface area contributed by atoms with Crippen LogP contribution in [-0.2, 0) is 19.4 Å². The Kier molecular flexibility index (Phi) is 4.39. The topological polar surface area (TPSA) is 116 Å². The maximum Gasteiger partial charge on any atom is 0.296 e. The lowest BCUT2D eigenvalue weighted by Crippen LogP contribution is -2.17. The Labute approximate surface area is 155 Å². The van der Waals surface area contributed by atoms with Crippen molar-refractivity contribution >= 4 is 28.8 Å². The second-order valence-electron chi connectivity index (χ2n) is 6.75. The third-order valence-electron chi connectivity index (χ3n) is 4.87. The molecule has 0 bridgehead atoms. The third-order valence-corrected chi connectivity index (χ3v) is 4.87. The summed E-state index contributed by atoms with van der Waals surface area (Å²) in [5.74, 6) is -0.189. The summed E-state index contributed by atoms with van der Waals surface area (Å²) < 4.78 is 7.23. The third kappa shape index (κ3) is 3.07. The van der Waals surface area contributed by atoms with Crippen LogP contribution >= 0.6 is 0 Å². The van der Waals surface area contributed by atoms with Gasteiger partial charge in [-0.1, -0.05) is 12.1 Å². The molecule has 2 aromatic heterocycles.